The number of nitrogens with zero attached hydrogens (tertiary/aromatic N) is 3. The molecule has 0 aliphatic carbocycles. The molecule has 35 heavy (non-hydrogen) atoms. The predicted molar refractivity (Wildman–Crippen MR) is 145 cm³/mol. The third-order valence-corrected chi connectivity index (χ3v) is 6.85. The molecule has 2 aromatic carbocycles. The van der Waals surface area contributed by atoms with Crippen molar-refractivity contribution >= 4 is 44.9 Å². The van der Waals surface area contributed by atoms with Gasteiger partial charge in [0.2, 0.25) is 5.91 Å². The SMILES string of the molecule is O=C(CCN1C(=S)N[C@@H](c2ccccn2)[C@@H]1c1cccn1-c1cccc(Br)c1)Nc1ccccc1. The average Bonchev–Trinajstić information content (AvgIpc) is 3.48. The largest absolute Gasteiger partial charge is 0.352 e. The number of hydrogen-bond acceptors (Lipinski definition) is 3. The van der Waals surface area contributed by atoms with E-state index < -0.39 is 0 Å². The minimum atomic E-state index is -0.151. The predicted octanol–water partition coefficient (Wildman–Crippen LogP) is 5.64. The van der Waals surface area contributed by atoms with E-state index in [4.69, 9.17) is 12.2 Å². The van der Waals surface area contributed by atoms with Crippen molar-refractivity contribution in [3.8, 4) is 5.69 Å². The minimum Gasteiger partial charge on any atom is -0.352 e. The van der Waals surface area contributed by atoms with E-state index in [1.165, 1.54) is 0 Å². The molecule has 6 nitrogen and oxygen atoms in total. The molecule has 1 amide bonds. The van der Waals surface area contributed by atoms with Crippen molar-refractivity contribution < 1.29 is 4.79 Å². The normalized spacial score (nSPS) is 17.3. The number of nitrogens with one attached hydrogen (secondary N) is 2. The maximum atomic E-state index is 12.7. The number of rotatable bonds is 7. The summed E-state index contributed by atoms with van der Waals surface area (Å²) in [6.07, 6.45) is 4.15. The zero-order chi connectivity index (χ0) is 24.2. The van der Waals surface area contributed by atoms with Crippen molar-refractivity contribution in [3.05, 3.63) is 113 Å². The molecule has 0 saturated carbocycles. The van der Waals surface area contributed by atoms with Crippen LogP contribution in [0.5, 0.6) is 0 Å². The van der Waals surface area contributed by atoms with Gasteiger partial charge in [0.15, 0.2) is 5.11 Å². The first-order valence-electron chi connectivity index (χ1n) is 11.4. The van der Waals surface area contributed by atoms with Crippen LogP contribution in [0.3, 0.4) is 0 Å². The number of thiocarbonyl (C=S) groups is 1. The van der Waals surface area contributed by atoms with E-state index in [9.17, 15) is 4.79 Å². The fraction of sp³-hybridized carbons (Fsp3) is 0.148. The number of halogens is 1. The molecule has 8 heteroatoms. The molecular weight excluding hydrogens is 522 g/mol. The molecular formula is C27H24BrN5OS. The van der Waals surface area contributed by atoms with Gasteiger partial charge in [-0.05, 0) is 66.8 Å². The van der Waals surface area contributed by atoms with Gasteiger partial charge in [0, 0.05) is 46.9 Å². The second kappa shape index (κ2) is 10.4. The van der Waals surface area contributed by atoms with Crippen LogP contribution in [0.2, 0.25) is 0 Å². The van der Waals surface area contributed by atoms with Crippen LogP contribution in [0.4, 0.5) is 5.69 Å². The molecule has 1 fully saturated rings. The second-order valence-corrected chi connectivity index (χ2v) is 9.57. The lowest BCUT2D eigenvalue weighted by atomic mass is 10.0. The first-order valence-corrected chi connectivity index (χ1v) is 12.6. The molecule has 1 saturated heterocycles. The molecule has 0 spiro atoms. The maximum absolute atomic E-state index is 12.7. The Bertz CT molecular complexity index is 1330. The van der Waals surface area contributed by atoms with E-state index in [1.807, 2.05) is 72.9 Å². The molecule has 0 radical (unpaired) electrons. The monoisotopic (exact) mass is 545 g/mol. The standard InChI is InChI=1S/C27H24BrN5OS/c28-19-8-6-11-21(18-19)32-16-7-13-23(32)26-25(22-12-4-5-15-29-22)31-27(35)33(26)17-14-24(34)30-20-9-2-1-3-10-20/h1-13,15-16,18,25-26H,14,17H2,(H,30,34)(H,31,35)/t25-,26-/m0/s1. The van der Waals surface area contributed by atoms with Crippen molar-refractivity contribution in [1.29, 1.82) is 0 Å². The summed E-state index contributed by atoms with van der Waals surface area (Å²) in [6, 6.07) is 27.4. The Morgan fingerprint density at radius 3 is 2.63 bits per heavy atom. The Hall–Kier alpha value is -3.49. The number of amides is 1. The van der Waals surface area contributed by atoms with Crippen LogP contribution >= 0.6 is 28.1 Å². The van der Waals surface area contributed by atoms with Crippen LogP contribution in [-0.4, -0.2) is 32.0 Å². The van der Waals surface area contributed by atoms with Gasteiger partial charge in [0.25, 0.3) is 0 Å². The number of carbonyl (C=O) groups excluding carboxylic acids is 1. The Morgan fingerprint density at radius 2 is 1.86 bits per heavy atom. The Labute approximate surface area is 218 Å². The quantitative estimate of drug-likeness (QED) is 0.294. The molecule has 3 heterocycles. The third-order valence-electron chi connectivity index (χ3n) is 6.00. The molecule has 0 unspecified atom stereocenters. The van der Waals surface area contributed by atoms with E-state index in [0.717, 1.165) is 27.2 Å². The molecule has 0 bridgehead atoms. The van der Waals surface area contributed by atoms with Crippen LogP contribution in [0.25, 0.3) is 5.69 Å². The van der Waals surface area contributed by atoms with Crippen LogP contribution in [0.15, 0.2) is 102 Å². The van der Waals surface area contributed by atoms with E-state index in [0.29, 0.717) is 18.1 Å². The highest BCUT2D eigenvalue weighted by Gasteiger charge is 2.41. The summed E-state index contributed by atoms with van der Waals surface area (Å²) in [5.74, 6) is -0.0543. The summed E-state index contributed by atoms with van der Waals surface area (Å²) in [7, 11) is 0. The van der Waals surface area contributed by atoms with Crippen molar-refractivity contribution in [1.82, 2.24) is 19.8 Å². The van der Waals surface area contributed by atoms with Gasteiger partial charge in [-0.1, -0.05) is 46.3 Å². The fourth-order valence-electron chi connectivity index (χ4n) is 4.43. The highest BCUT2D eigenvalue weighted by molar-refractivity contribution is 9.10. The minimum absolute atomic E-state index is 0.0543. The molecule has 5 rings (SSSR count). The van der Waals surface area contributed by atoms with Gasteiger partial charge in [-0.2, -0.15) is 0 Å². The number of hydrogen-bond donors (Lipinski definition) is 2. The molecule has 176 valence electrons. The van der Waals surface area contributed by atoms with Crippen molar-refractivity contribution in [2.24, 2.45) is 0 Å². The second-order valence-electron chi connectivity index (χ2n) is 8.27. The summed E-state index contributed by atoms with van der Waals surface area (Å²) < 4.78 is 3.17. The number of para-hydroxylation sites is 1. The van der Waals surface area contributed by atoms with Gasteiger partial charge in [0.1, 0.15) is 0 Å². The molecule has 2 atom stereocenters. The van der Waals surface area contributed by atoms with E-state index >= 15 is 0 Å². The summed E-state index contributed by atoms with van der Waals surface area (Å²) in [6.45, 7) is 0.474. The lowest BCUT2D eigenvalue weighted by Gasteiger charge is -2.29. The molecule has 2 aromatic heterocycles. The zero-order valence-electron chi connectivity index (χ0n) is 18.8. The molecule has 2 N–H and O–H groups in total. The highest BCUT2D eigenvalue weighted by atomic mass is 79.9. The first kappa shape index (κ1) is 23.3. The van der Waals surface area contributed by atoms with Gasteiger partial charge < -0.3 is 20.1 Å². The van der Waals surface area contributed by atoms with E-state index in [-0.39, 0.29) is 18.0 Å². The highest BCUT2D eigenvalue weighted by Crippen LogP contribution is 2.39. The number of pyridine rings is 1. The van der Waals surface area contributed by atoms with E-state index in [1.54, 1.807) is 6.20 Å². The summed E-state index contributed by atoms with van der Waals surface area (Å²) in [4.78, 5) is 19.4. The van der Waals surface area contributed by atoms with Gasteiger partial charge in [-0.25, -0.2) is 0 Å². The van der Waals surface area contributed by atoms with E-state index in [2.05, 4.69) is 59.2 Å². The Balaban J connectivity index is 1.45. The summed E-state index contributed by atoms with van der Waals surface area (Å²) in [5, 5.41) is 7.04. The topological polar surface area (TPSA) is 62.2 Å². The average molecular weight is 546 g/mol. The third kappa shape index (κ3) is 5.13. The van der Waals surface area contributed by atoms with Gasteiger partial charge in [0.05, 0.1) is 17.8 Å². The van der Waals surface area contributed by atoms with Gasteiger partial charge in [-0.15, -0.1) is 0 Å². The Kier molecular flexibility index (Phi) is 6.92. The number of anilines is 1. The number of carbonyl (C=O) groups is 1. The van der Waals surface area contributed by atoms with Crippen molar-refractivity contribution in [3.63, 3.8) is 0 Å². The van der Waals surface area contributed by atoms with Crippen LogP contribution in [-0.2, 0) is 4.79 Å². The smallest absolute Gasteiger partial charge is 0.226 e. The summed E-state index contributed by atoms with van der Waals surface area (Å²) >= 11 is 9.35. The summed E-state index contributed by atoms with van der Waals surface area (Å²) in [5.41, 5.74) is 3.79. The number of benzene rings is 2. The van der Waals surface area contributed by atoms with Gasteiger partial charge in [-0.3, -0.25) is 9.78 Å². The van der Waals surface area contributed by atoms with Crippen LogP contribution in [0, 0.1) is 0 Å². The Morgan fingerprint density at radius 1 is 1.03 bits per heavy atom. The zero-order valence-corrected chi connectivity index (χ0v) is 21.2. The lowest BCUT2D eigenvalue weighted by Crippen LogP contribution is -2.33. The lowest BCUT2D eigenvalue weighted by molar-refractivity contribution is -0.116. The first-order chi connectivity index (χ1) is 17.1. The van der Waals surface area contributed by atoms with Crippen molar-refractivity contribution in [2.45, 2.75) is 18.5 Å². The molecule has 4 aromatic rings. The molecule has 1 aliphatic rings. The van der Waals surface area contributed by atoms with Crippen LogP contribution < -0.4 is 10.6 Å². The molecule has 1 aliphatic heterocycles. The fourth-order valence-corrected chi connectivity index (χ4v) is 5.15. The number of aromatic nitrogens is 2. The van der Waals surface area contributed by atoms with Crippen molar-refractivity contribution in [2.75, 3.05) is 11.9 Å². The van der Waals surface area contributed by atoms with Gasteiger partial charge >= 0.3 is 0 Å². The van der Waals surface area contributed by atoms with Crippen LogP contribution in [0.1, 0.15) is 29.9 Å². The maximum Gasteiger partial charge on any atom is 0.226 e.